The average molecular weight is 397 g/mol. The Morgan fingerprint density at radius 1 is 1.27 bits per heavy atom. The predicted molar refractivity (Wildman–Crippen MR) is 91.0 cm³/mol. The fourth-order valence-corrected chi connectivity index (χ4v) is 5.67. The summed E-state index contributed by atoms with van der Waals surface area (Å²) in [5.74, 6) is -0.585. The largest absolute Gasteiger partial charge is 0.344 e. The lowest BCUT2D eigenvalue weighted by Gasteiger charge is -2.08. The molecule has 22 heavy (non-hydrogen) atoms. The number of hydrogen-bond acceptors (Lipinski definition) is 4. The zero-order chi connectivity index (χ0) is 16.1. The zero-order valence-corrected chi connectivity index (χ0v) is 14.7. The number of carbonyl (C=O) groups excluding carboxylic acids is 1. The van der Waals surface area contributed by atoms with Crippen molar-refractivity contribution in [2.45, 2.75) is 6.04 Å². The number of carbonyl (C=O) groups is 1. The Balaban J connectivity index is 1.94. The molecular weight excluding hydrogens is 389 g/mol. The number of nitrogens with one attached hydrogen (secondary N) is 1. The standard InChI is InChI=1S/C13H8Cl3NO3S2/c14-6-3-8(15)10-9(4-6)21-12(11(10)16)13(18)17-7-1-2-22(19,20)5-7/h1-4,7H,5H2,(H,17,18). The number of halogens is 3. The van der Waals surface area contributed by atoms with Gasteiger partial charge in [-0.25, -0.2) is 8.42 Å². The fraction of sp³-hybridized carbons (Fsp3) is 0.154. The quantitative estimate of drug-likeness (QED) is 0.837. The summed E-state index contributed by atoms with van der Waals surface area (Å²) in [6.07, 6.45) is 1.44. The van der Waals surface area contributed by atoms with E-state index < -0.39 is 21.8 Å². The third-order valence-corrected chi connectivity index (χ3v) is 6.64. The van der Waals surface area contributed by atoms with Gasteiger partial charge in [0.15, 0.2) is 9.84 Å². The van der Waals surface area contributed by atoms with E-state index in [0.29, 0.717) is 20.1 Å². The minimum Gasteiger partial charge on any atom is -0.344 e. The molecule has 2 aromatic rings. The molecule has 1 aromatic heterocycles. The maximum atomic E-state index is 12.3. The Morgan fingerprint density at radius 3 is 2.64 bits per heavy atom. The van der Waals surface area contributed by atoms with E-state index in [1.54, 1.807) is 12.1 Å². The van der Waals surface area contributed by atoms with Crippen LogP contribution in [0.1, 0.15) is 9.67 Å². The van der Waals surface area contributed by atoms with Gasteiger partial charge in [-0.3, -0.25) is 4.79 Å². The monoisotopic (exact) mass is 395 g/mol. The lowest BCUT2D eigenvalue weighted by molar-refractivity contribution is 0.0952. The van der Waals surface area contributed by atoms with Crippen molar-refractivity contribution in [2.24, 2.45) is 0 Å². The molecule has 0 saturated carbocycles. The Bertz CT molecular complexity index is 918. The van der Waals surface area contributed by atoms with Crippen molar-refractivity contribution in [1.29, 1.82) is 0 Å². The van der Waals surface area contributed by atoms with Gasteiger partial charge in [-0.1, -0.05) is 34.8 Å². The van der Waals surface area contributed by atoms with Crippen molar-refractivity contribution in [1.82, 2.24) is 5.32 Å². The van der Waals surface area contributed by atoms with Gasteiger partial charge in [-0.05, 0) is 18.2 Å². The van der Waals surface area contributed by atoms with E-state index in [2.05, 4.69) is 5.32 Å². The predicted octanol–water partition coefficient (Wildman–Crippen LogP) is 3.90. The molecule has 0 bridgehead atoms. The second-order valence-electron chi connectivity index (χ2n) is 4.74. The lowest BCUT2D eigenvalue weighted by Crippen LogP contribution is -2.35. The smallest absolute Gasteiger partial charge is 0.263 e. The Kier molecular flexibility index (Phi) is 4.16. The van der Waals surface area contributed by atoms with Crippen LogP contribution in [0.15, 0.2) is 23.6 Å². The van der Waals surface area contributed by atoms with Gasteiger partial charge in [0.2, 0.25) is 0 Å². The van der Waals surface area contributed by atoms with Crippen LogP contribution < -0.4 is 5.32 Å². The molecule has 1 aliphatic rings. The number of hydrogen-bond donors (Lipinski definition) is 1. The van der Waals surface area contributed by atoms with Crippen LogP contribution in [-0.2, 0) is 9.84 Å². The molecule has 4 nitrogen and oxygen atoms in total. The average Bonchev–Trinajstić information content (AvgIpc) is 2.89. The highest BCUT2D eigenvalue weighted by molar-refractivity contribution is 7.94. The highest BCUT2D eigenvalue weighted by Crippen LogP contribution is 2.41. The molecule has 1 atom stereocenters. The van der Waals surface area contributed by atoms with Crippen LogP contribution in [0.3, 0.4) is 0 Å². The Hall–Kier alpha value is -0.790. The molecule has 1 amide bonds. The van der Waals surface area contributed by atoms with Crippen LogP contribution in [0.25, 0.3) is 10.1 Å². The van der Waals surface area contributed by atoms with Crippen LogP contribution in [0.2, 0.25) is 15.1 Å². The molecule has 0 saturated heterocycles. The van der Waals surface area contributed by atoms with E-state index in [4.69, 9.17) is 34.8 Å². The number of fused-ring (bicyclic) bond motifs is 1. The van der Waals surface area contributed by atoms with Crippen LogP contribution in [-0.4, -0.2) is 26.1 Å². The van der Waals surface area contributed by atoms with E-state index >= 15 is 0 Å². The first-order valence-corrected chi connectivity index (χ1v) is 9.72. The maximum absolute atomic E-state index is 12.3. The number of thiophene rings is 1. The molecule has 3 rings (SSSR count). The van der Waals surface area contributed by atoms with Crippen molar-refractivity contribution in [3.05, 3.63) is 43.6 Å². The minimum absolute atomic E-state index is 0.145. The van der Waals surface area contributed by atoms with Crippen molar-refractivity contribution in [3.8, 4) is 0 Å². The fourth-order valence-electron chi connectivity index (χ4n) is 2.16. The summed E-state index contributed by atoms with van der Waals surface area (Å²) in [5.41, 5.74) is 0. The number of sulfone groups is 1. The first kappa shape index (κ1) is 16.1. The summed E-state index contributed by atoms with van der Waals surface area (Å²) < 4.78 is 23.4. The second-order valence-corrected chi connectivity index (χ2v) is 8.95. The van der Waals surface area contributed by atoms with E-state index in [0.717, 1.165) is 16.7 Å². The number of benzene rings is 1. The molecule has 116 valence electrons. The van der Waals surface area contributed by atoms with Gasteiger partial charge >= 0.3 is 0 Å². The van der Waals surface area contributed by atoms with E-state index in [1.165, 1.54) is 6.08 Å². The summed E-state index contributed by atoms with van der Waals surface area (Å²) in [4.78, 5) is 12.6. The first-order valence-electron chi connectivity index (χ1n) is 6.06. The van der Waals surface area contributed by atoms with Gasteiger partial charge in [-0.15, -0.1) is 11.3 Å². The number of amides is 1. The zero-order valence-electron chi connectivity index (χ0n) is 10.8. The van der Waals surface area contributed by atoms with Gasteiger partial charge in [-0.2, -0.15) is 0 Å². The Morgan fingerprint density at radius 2 is 2.00 bits per heavy atom. The molecule has 0 spiro atoms. The molecule has 0 fully saturated rings. The van der Waals surface area contributed by atoms with Crippen LogP contribution in [0.4, 0.5) is 0 Å². The maximum Gasteiger partial charge on any atom is 0.263 e. The van der Waals surface area contributed by atoms with Gasteiger partial charge in [0, 0.05) is 20.5 Å². The minimum atomic E-state index is -3.23. The molecule has 9 heteroatoms. The normalized spacial score (nSPS) is 19.7. The highest BCUT2D eigenvalue weighted by atomic mass is 35.5. The van der Waals surface area contributed by atoms with Crippen molar-refractivity contribution in [3.63, 3.8) is 0 Å². The first-order chi connectivity index (χ1) is 10.3. The molecule has 1 unspecified atom stereocenters. The summed E-state index contributed by atoms with van der Waals surface area (Å²) in [6.45, 7) is 0. The lowest BCUT2D eigenvalue weighted by atomic mass is 10.2. The topological polar surface area (TPSA) is 63.2 Å². The van der Waals surface area contributed by atoms with Crippen molar-refractivity contribution < 1.29 is 13.2 Å². The SMILES string of the molecule is O=C(NC1C=CS(=O)(=O)C1)c1sc2cc(Cl)cc(Cl)c2c1Cl. The van der Waals surface area contributed by atoms with Crippen LogP contribution in [0.5, 0.6) is 0 Å². The third-order valence-electron chi connectivity index (χ3n) is 3.10. The van der Waals surface area contributed by atoms with Gasteiger partial charge in [0.05, 0.1) is 21.8 Å². The van der Waals surface area contributed by atoms with E-state index in [9.17, 15) is 13.2 Å². The highest BCUT2D eigenvalue weighted by Gasteiger charge is 2.26. The molecule has 1 aromatic carbocycles. The van der Waals surface area contributed by atoms with Crippen LogP contribution in [0, 0.1) is 0 Å². The molecule has 0 radical (unpaired) electrons. The summed E-state index contributed by atoms with van der Waals surface area (Å²) >= 11 is 19.4. The molecular formula is C13H8Cl3NO3S2. The molecule has 1 aliphatic heterocycles. The second kappa shape index (κ2) is 5.69. The van der Waals surface area contributed by atoms with Crippen LogP contribution >= 0.6 is 46.1 Å². The summed E-state index contributed by atoms with van der Waals surface area (Å²) in [5, 5.41) is 5.35. The van der Waals surface area contributed by atoms with Gasteiger partial charge in [0.1, 0.15) is 4.88 Å². The molecule has 0 aliphatic carbocycles. The van der Waals surface area contributed by atoms with Crippen molar-refractivity contribution >= 4 is 72.0 Å². The third kappa shape index (κ3) is 2.98. The van der Waals surface area contributed by atoms with Crippen molar-refractivity contribution in [2.75, 3.05) is 5.75 Å². The number of rotatable bonds is 2. The summed E-state index contributed by atoms with van der Waals surface area (Å²) in [6, 6.07) is 2.67. The van der Waals surface area contributed by atoms with Gasteiger partial charge in [0.25, 0.3) is 5.91 Å². The van der Waals surface area contributed by atoms with Gasteiger partial charge < -0.3 is 5.32 Å². The van der Waals surface area contributed by atoms with E-state index in [1.807, 2.05) is 0 Å². The Labute approximate surface area is 145 Å². The molecule has 2 heterocycles. The molecule has 1 N–H and O–H groups in total. The van der Waals surface area contributed by atoms with E-state index in [-0.39, 0.29) is 15.7 Å². The summed E-state index contributed by atoms with van der Waals surface area (Å²) in [7, 11) is -3.23.